The number of aromatic amines is 1. The number of carbonyl (C=O) groups excluding carboxylic acids is 2. The summed E-state index contributed by atoms with van der Waals surface area (Å²) >= 11 is 0. The molecule has 0 bridgehead atoms. The molecule has 0 spiro atoms. The Morgan fingerprint density at radius 2 is 1.87 bits per heavy atom. The summed E-state index contributed by atoms with van der Waals surface area (Å²) in [4.78, 5) is 40.8. The maximum absolute atomic E-state index is 13.5. The van der Waals surface area contributed by atoms with Gasteiger partial charge in [-0.25, -0.2) is 9.97 Å². The lowest BCUT2D eigenvalue weighted by Crippen LogP contribution is -2.44. The fraction of sp³-hybridized carbons (Fsp3) is 0.310. The third-order valence-electron chi connectivity index (χ3n) is 7.02. The predicted molar refractivity (Wildman–Crippen MR) is 148 cm³/mol. The van der Waals surface area contributed by atoms with Gasteiger partial charge in [-0.1, -0.05) is 36.4 Å². The van der Waals surface area contributed by atoms with Crippen LogP contribution in [0, 0.1) is 0 Å². The van der Waals surface area contributed by atoms with Crippen LogP contribution in [0.4, 0.5) is 11.5 Å². The number of piperidine rings is 1. The van der Waals surface area contributed by atoms with Crippen molar-refractivity contribution in [3.63, 3.8) is 0 Å². The van der Waals surface area contributed by atoms with E-state index in [4.69, 9.17) is 5.73 Å². The van der Waals surface area contributed by atoms with E-state index >= 15 is 0 Å². The monoisotopic (exact) mass is 511 g/mol. The number of fused-ring (bicyclic) bond motifs is 1. The Labute approximate surface area is 222 Å². The average Bonchev–Trinajstić information content (AvgIpc) is 3.44. The highest BCUT2D eigenvalue weighted by atomic mass is 16.2. The molecule has 2 aromatic carbocycles. The van der Waals surface area contributed by atoms with Crippen LogP contribution in [-0.4, -0.2) is 57.3 Å². The van der Waals surface area contributed by atoms with E-state index < -0.39 is 0 Å². The van der Waals surface area contributed by atoms with Gasteiger partial charge in [0.25, 0.3) is 5.91 Å². The number of nitrogens with two attached hydrogens (primary N) is 1. The molecule has 0 atom stereocenters. The third kappa shape index (κ3) is 6.00. The second-order valence-corrected chi connectivity index (χ2v) is 9.64. The van der Waals surface area contributed by atoms with Crippen molar-refractivity contribution in [2.75, 3.05) is 24.5 Å². The molecule has 1 saturated heterocycles. The smallest absolute Gasteiger partial charge is 0.253 e. The average molecular weight is 512 g/mol. The maximum Gasteiger partial charge on any atom is 0.253 e. The van der Waals surface area contributed by atoms with Gasteiger partial charge in [0.2, 0.25) is 5.91 Å². The molecule has 0 radical (unpaired) electrons. The molecule has 4 aromatic rings. The van der Waals surface area contributed by atoms with Gasteiger partial charge in [-0.05, 0) is 49.1 Å². The highest BCUT2D eigenvalue weighted by Gasteiger charge is 2.24. The van der Waals surface area contributed by atoms with Crippen molar-refractivity contribution in [2.45, 2.75) is 38.3 Å². The quantitative estimate of drug-likeness (QED) is 0.298. The van der Waals surface area contributed by atoms with Crippen molar-refractivity contribution in [1.29, 1.82) is 0 Å². The molecule has 1 aliphatic heterocycles. The molecule has 0 unspecified atom stereocenters. The van der Waals surface area contributed by atoms with Crippen LogP contribution in [0.15, 0.2) is 73.2 Å². The Morgan fingerprint density at radius 1 is 1.05 bits per heavy atom. The molecule has 0 saturated carbocycles. The summed E-state index contributed by atoms with van der Waals surface area (Å²) in [5.74, 6) is 0.403. The number of benzene rings is 2. The highest BCUT2D eigenvalue weighted by Crippen LogP contribution is 2.30. The largest absolute Gasteiger partial charge is 0.370 e. The van der Waals surface area contributed by atoms with Crippen LogP contribution < -0.4 is 16.0 Å². The summed E-state index contributed by atoms with van der Waals surface area (Å²) < 4.78 is 0. The van der Waals surface area contributed by atoms with Gasteiger partial charge in [-0.3, -0.25) is 9.59 Å². The molecule has 0 aliphatic carbocycles. The minimum atomic E-state index is -0.343. The highest BCUT2D eigenvalue weighted by molar-refractivity contribution is 5.96. The molecule has 38 heavy (non-hydrogen) atoms. The molecular weight excluding hydrogens is 478 g/mol. The normalized spacial score (nSPS) is 14.1. The van der Waals surface area contributed by atoms with Crippen molar-refractivity contribution in [3.05, 3.63) is 84.3 Å². The van der Waals surface area contributed by atoms with Crippen molar-refractivity contribution in [2.24, 2.45) is 5.73 Å². The van der Waals surface area contributed by atoms with Gasteiger partial charge in [0, 0.05) is 56.1 Å². The van der Waals surface area contributed by atoms with Crippen LogP contribution in [0.5, 0.6) is 0 Å². The summed E-state index contributed by atoms with van der Waals surface area (Å²) in [5.41, 5.74) is 8.86. The zero-order valence-electron chi connectivity index (χ0n) is 21.3. The van der Waals surface area contributed by atoms with Crippen molar-refractivity contribution < 1.29 is 9.59 Å². The molecule has 2 amide bonds. The number of H-pyrrole nitrogens is 1. The number of likely N-dealkylation sites (tertiary alicyclic amines) is 1. The van der Waals surface area contributed by atoms with Crippen molar-refractivity contribution in [1.82, 2.24) is 25.2 Å². The zero-order chi connectivity index (χ0) is 26.3. The number of nitrogens with zero attached hydrogens (tertiary/aromatic N) is 4. The molecule has 196 valence electrons. The van der Waals surface area contributed by atoms with E-state index in [0.29, 0.717) is 37.7 Å². The zero-order valence-corrected chi connectivity index (χ0v) is 21.3. The Kier molecular flexibility index (Phi) is 7.94. The topological polar surface area (TPSA) is 120 Å². The number of aromatic nitrogens is 3. The summed E-state index contributed by atoms with van der Waals surface area (Å²) in [6, 6.07) is 20.3. The van der Waals surface area contributed by atoms with Crippen LogP contribution in [0.25, 0.3) is 11.0 Å². The fourth-order valence-electron chi connectivity index (χ4n) is 4.98. The lowest BCUT2D eigenvalue weighted by Gasteiger charge is -2.33. The molecular formula is C29H33N7O2. The predicted octanol–water partition coefficient (Wildman–Crippen LogP) is 3.76. The van der Waals surface area contributed by atoms with Crippen molar-refractivity contribution in [3.8, 4) is 0 Å². The van der Waals surface area contributed by atoms with Gasteiger partial charge in [-0.2, -0.15) is 0 Å². The Hall–Kier alpha value is -4.24. The number of nitrogens with one attached hydrogen (secondary N) is 2. The van der Waals surface area contributed by atoms with Gasteiger partial charge in [0.15, 0.2) is 0 Å². The summed E-state index contributed by atoms with van der Waals surface area (Å²) in [7, 11) is 0. The summed E-state index contributed by atoms with van der Waals surface area (Å²) in [5, 5.41) is 4.50. The van der Waals surface area contributed by atoms with Crippen LogP contribution in [0.3, 0.4) is 0 Å². The number of anilines is 2. The van der Waals surface area contributed by atoms with E-state index in [2.05, 4.69) is 44.5 Å². The lowest BCUT2D eigenvalue weighted by molar-refractivity contribution is -0.118. The van der Waals surface area contributed by atoms with Crippen molar-refractivity contribution >= 4 is 34.4 Å². The lowest BCUT2D eigenvalue weighted by atomic mass is 10.0. The number of amides is 2. The van der Waals surface area contributed by atoms with Gasteiger partial charge in [-0.15, -0.1) is 0 Å². The van der Waals surface area contributed by atoms with E-state index in [1.807, 2.05) is 52.4 Å². The first-order valence-electron chi connectivity index (χ1n) is 13.1. The second-order valence-electron chi connectivity index (χ2n) is 9.64. The maximum atomic E-state index is 13.5. The standard InChI is InChI=1S/C29H33N7O2/c30-26(37)10-5-15-36(28-25-11-14-31-27(25)33-20-34-28)24-9-4-8-22(18-24)29(38)35-16-12-23(13-17-35)32-19-21-6-2-1-3-7-21/h1-4,6-9,11,14,18,20,23,32H,5,10,12-13,15-17,19H2,(H2,30,37)(H,31,33,34). The van der Waals surface area contributed by atoms with Crippen LogP contribution in [-0.2, 0) is 11.3 Å². The van der Waals surface area contributed by atoms with E-state index in [1.54, 1.807) is 0 Å². The fourth-order valence-corrected chi connectivity index (χ4v) is 4.98. The number of hydrogen-bond acceptors (Lipinski definition) is 6. The van der Waals surface area contributed by atoms with E-state index in [0.717, 1.165) is 41.9 Å². The molecule has 9 heteroatoms. The molecule has 4 N–H and O–H groups in total. The first-order valence-corrected chi connectivity index (χ1v) is 13.1. The van der Waals surface area contributed by atoms with E-state index in [1.165, 1.54) is 11.9 Å². The Balaban J connectivity index is 1.28. The first kappa shape index (κ1) is 25.4. The molecule has 3 heterocycles. The number of primary amides is 1. The Bertz CT molecular complexity index is 1380. The molecule has 1 fully saturated rings. The SMILES string of the molecule is NC(=O)CCCN(c1cccc(C(=O)N2CCC(NCc3ccccc3)CC2)c1)c1ncnc2[nH]ccc12. The van der Waals surface area contributed by atoms with Crippen LogP contribution >= 0.6 is 0 Å². The first-order chi connectivity index (χ1) is 18.6. The summed E-state index contributed by atoms with van der Waals surface area (Å²) in [6.45, 7) is 2.79. The van der Waals surface area contributed by atoms with Gasteiger partial charge < -0.3 is 25.8 Å². The number of carbonyl (C=O) groups is 2. The molecule has 9 nitrogen and oxygen atoms in total. The Morgan fingerprint density at radius 3 is 2.66 bits per heavy atom. The molecule has 1 aliphatic rings. The molecule has 5 rings (SSSR count). The van der Waals surface area contributed by atoms with Gasteiger partial charge in [0.05, 0.1) is 5.39 Å². The van der Waals surface area contributed by atoms with Gasteiger partial charge >= 0.3 is 0 Å². The van der Waals surface area contributed by atoms with E-state index in [9.17, 15) is 9.59 Å². The third-order valence-corrected chi connectivity index (χ3v) is 7.02. The minimum Gasteiger partial charge on any atom is -0.370 e. The minimum absolute atomic E-state index is 0.0277. The summed E-state index contributed by atoms with van der Waals surface area (Å²) in [6.07, 6.45) is 6.01. The van der Waals surface area contributed by atoms with Crippen LogP contribution in [0.2, 0.25) is 0 Å². The number of hydrogen-bond donors (Lipinski definition) is 3. The van der Waals surface area contributed by atoms with Gasteiger partial charge in [0.1, 0.15) is 17.8 Å². The second kappa shape index (κ2) is 11.9. The number of rotatable bonds is 10. The van der Waals surface area contributed by atoms with E-state index in [-0.39, 0.29) is 18.2 Å². The van der Waals surface area contributed by atoms with Crippen LogP contribution in [0.1, 0.15) is 41.6 Å². The molecule has 2 aromatic heterocycles.